The Labute approximate surface area is 187 Å². The first-order valence-electron chi connectivity index (χ1n) is 9.85. The zero-order chi connectivity index (χ0) is 22.3. The van der Waals surface area contributed by atoms with Gasteiger partial charge in [0.1, 0.15) is 11.6 Å². The molecule has 1 aromatic carbocycles. The zero-order valence-corrected chi connectivity index (χ0v) is 18.7. The molecule has 0 unspecified atom stereocenters. The van der Waals surface area contributed by atoms with Gasteiger partial charge in [0.2, 0.25) is 5.28 Å². The van der Waals surface area contributed by atoms with E-state index in [0.717, 1.165) is 34.5 Å². The van der Waals surface area contributed by atoms with Crippen molar-refractivity contribution < 1.29 is 13.2 Å². The topological polar surface area (TPSA) is 55.6 Å². The Kier molecular flexibility index (Phi) is 5.91. The summed E-state index contributed by atoms with van der Waals surface area (Å²) < 4.78 is 41.0. The second-order valence-electron chi connectivity index (χ2n) is 7.65. The van der Waals surface area contributed by atoms with Crippen LogP contribution in [0.2, 0.25) is 5.28 Å². The molecule has 0 saturated carbocycles. The fraction of sp³-hybridized carbons (Fsp3) is 0.381. The summed E-state index contributed by atoms with van der Waals surface area (Å²) in [5.41, 5.74) is 1.66. The van der Waals surface area contributed by atoms with E-state index in [1.165, 1.54) is 0 Å². The summed E-state index contributed by atoms with van der Waals surface area (Å²) in [6.07, 6.45) is -2.55. The lowest BCUT2D eigenvalue weighted by Crippen LogP contribution is -2.10. The van der Waals surface area contributed by atoms with Crippen LogP contribution in [0, 0.1) is 0 Å². The standard InChI is InChI=1S/C21H21ClF3N5S/c1-11(2)30-10-16(21(23,24)25)28-19(30)14-6-4-13(5-7-14)12(3)26-18-17-15(8-9-31-17)27-20(22)29-18/h4-7,10-12H,8-9H2,1-3H3,(H,26,27,29)/t12-/m1/s1. The highest BCUT2D eigenvalue weighted by atomic mass is 35.5. The Morgan fingerprint density at radius 3 is 2.45 bits per heavy atom. The smallest absolute Gasteiger partial charge is 0.362 e. The summed E-state index contributed by atoms with van der Waals surface area (Å²) in [6, 6.07) is 7.12. The molecule has 3 heterocycles. The average Bonchev–Trinajstić information content (AvgIpc) is 3.35. The first-order valence-corrected chi connectivity index (χ1v) is 11.2. The van der Waals surface area contributed by atoms with Crippen LogP contribution in [0.15, 0.2) is 35.4 Å². The molecule has 0 amide bonds. The Hall–Kier alpha value is -2.26. The van der Waals surface area contributed by atoms with Crippen LogP contribution in [0.3, 0.4) is 0 Å². The van der Waals surface area contributed by atoms with Gasteiger partial charge in [0, 0.05) is 36.0 Å². The molecule has 1 aliphatic rings. The highest BCUT2D eigenvalue weighted by Crippen LogP contribution is 2.38. The summed E-state index contributed by atoms with van der Waals surface area (Å²) >= 11 is 7.76. The number of fused-ring (bicyclic) bond motifs is 1. The van der Waals surface area contributed by atoms with Crippen molar-refractivity contribution in [1.82, 2.24) is 19.5 Å². The third kappa shape index (κ3) is 4.52. The van der Waals surface area contributed by atoms with Gasteiger partial charge in [-0.05, 0) is 37.9 Å². The van der Waals surface area contributed by atoms with Gasteiger partial charge in [-0.1, -0.05) is 24.3 Å². The van der Waals surface area contributed by atoms with Gasteiger partial charge in [0.15, 0.2) is 5.69 Å². The van der Waals surface area contributed by atoms with Crippen LogP contribution >= 0.6 is 23.4 Å². The van der Waals surface area contributed by atoms with E-state index in [9.17, 15) is 13.2 Å². The van der Waals surface area contributed by atoms with E-state index in [1.54, 1.807) is 28.5 Å². The molecule has 1 N–H and O–H groups in total. The second kappa shape index (κ2) is 8.35. The summed E-state index contributed by atoms with van der Waals surface area (Å²) in [7, 11) is 0. The number of nitrogens with zero attached hydrogens (tertiary/aromatic N) is 4. The van der Waals surface area contributed by atoms with Crippen LogP contribution in [-0.2, 0) is 12.6 Å². The van der Waals surface area contributed by atoms with Crippen molar-refractivity contribution in [1.29, 1.82) is 0 Å². The minimum atomic E-state index is -4.48. The molecule has 4 rings (SSSR count). The van der Waals surface area contributed by atoms with Gasteiger partial charge in [-0.25, -0.2) is 9.97 Å². The second-order valence-corrected chi connectivity index (χ2v) is 9.10. The van der Waals surface area contributed by atoms with E-state index in [0.29, 0.717) is 17.2 Å². The molecule has 1 atom stereocenters. The average molecular weight is 468 g/mol. The number of halogens is 4. The van der Waals surface area contributed by atoms with Crippen molar-refractivity contribution in [3.8, 4) is 11.4 Å². The number of aromatic nitrogens is 4. The maximum absolute atomic E-state index is 13.2. The van der Waals surface area contributed by atoms with E-state index in [4.69, 9.17) is 11.6 Å². The minimum absolute atomic E-state index is 0.0825. The van der Waals surface area contributed by atoms with Crippen molar-refractivity contribution in [3.05, 3.63) is 52.7 Å². The molecule has 0 fully saturated rings. The molecule has 3 aromatic rings. The van der Waals surface area contributed by atoms with Crippen molar-refractivity contribution in [2.45, 2.75) is 50.3 Å². The van der Waals surface area contributed by atoms with Crippen LogP contribution in [-0.4, -0.2) is 25.3 Å². The summed E-state index contributed by atoms with van der Waals surface area (Å²) in [4.78, 5) is 13.5. The Bertz CT molecular complexity index is 1100. The Balaban J connectivity index is 1.59. The quantitative estimate of drug-likeness (QED) is 0.439. The number of thioether (sulfide) groups is 1. The van der Waals surface area contributed by atoms with Crippen LogP contribution in [0.1, 0.15) is 49.8 Å². The first-order chi connectivity index (χ1) is 14.6. The van der Waals surface area contributed by atoms with Gasteiger partial charge >= 0.3 is 6.18 Å². The van der Waals surface area contributed by atoms with E-state index in [-0.39, 0.29) is 17.4 Å². The number of hydrogen-bond acceptors (Lipinski definition) is 5. The molecule has 164 valence electrons. The molecule has 0 radical (unpaired) electrons. The van der Waals surface area contributed by atoms with Crippen molar-refractivity contribution in [2.24, 2.45) is 0 Å². The first kappa shape index (κ1) is 22.0. The predicted octanol–water partition coefficient (Wildman–Crippen LogP) is 6.41. The maximum Gasteiger partial charge on any atom is 0.434 e. The summed E-state index contributed by atoms with van der Waals surface area (Å²) in [6.45, 7) is 5.65. The highest BCUT2D eigenvalue weighted by Gasteiger charge is 2.35. The lowest BCUT2D eigenvalue weighted by Gasteiger charge is -2.18. The number of imidazole rings is 1. The molecule has 0 saturated heterocycles. The number of alkyl halides is 3. The maximum atomic E-state index is 13.2. The Morgan fingerprint density at radius 1 is 1.10 bits per heavy atom. The largest absolute Gasteiger partial charge is 0.434 e. The fourth-order valence-electron chi connectivity index (χ4n) is 3.48. The zero-order valence-electron chi connectivity index (χ0n) is 17.2. The number of hydrogen-bond donors (Lipinski definition) is 1. The number of rotatable bonds is 5. The number of nitrogens with one attached hydrogen (secondary N) is 1. The normalized spacial score (nSPS) is 14.7. The molecular formula is C21H21ClF3N5S. The molecule has 0 bridgehead atoms. The van der Waals surface area contributed by atoms with Crippen LogP contribution in [0.25, 0.3) is 11.4 Å². The molecular weight excluding hydrogens is 447 g/mol. The van der Waals surface area contributed by atoms with Crippen LogP contribution in [0.5, 0.6) is 0 Å². The highest BCUT2D eigenvalue weighted by molar-refractivity contribution is 7.99. The lowest BCUT2D eigenvalue weighted by molar-refractivity contribution is -0.140. The number of benzene rings is 1. The predicted molar refractivity (Wildman–Crippen MR) is 117 cm³/mol. The van der Waals surface area contributed by atoms with Gasteiger partial charge in [-0.2, -0.15) is 18.2 Å². The Morgan fingerprint density at radius 2 is 1.81 bits per heavy atom. The summed E-state index contributed by atoms with van der Waals surface area (Å²) in [5.74, 6) is 1.95. The van der Waals surface area contributed by atoms with E-state index >= 15 is 0 Å². The van der Waals surface area contributed by atoms with E-state index in [1.807, 2.05) is 32.9 Å². The van der Waals surface area contributed by atoms with Gasteiger partial charge in [0.25, 0.3) is 0 Å². The van der Waals surface area contributed by atoms with E-state index < -0.39 is 11.9 Å². The van der Waals surface area contributed by atoms with E-state index in [2.05, 4.69) is 20.3 Å². The van der Waals surface area contributed by atoms with Gasteiger partial charge < -0.3 is 9.88 Å². The SMILES string of the molecule is CC(C)n1cc(C(F)(F)F)nc1-c1ccc([C@@H](C)Nc2nc(Cl)nc3c2SCC3)cc1. The lowest BCUT2D eigenvalue weighted by atomic mass is 10.1. The van der Waals surface area contributed by atoms with Crippen LogP contribution < -0.4 is 5.32 Å². The minimum Gasteiger partial charge on any atom is -0.362 e. The summed E-state index contributed by atoms with van der Waals surface area (Å²) in [5, 5.41) is 3.60. The molecule has 1 aliphatic heterocycles. The van der Waals surface area contributed by atoms with Crippen molar-refractivity contribution in [3.63, 3.8) is 0 Å². The third-order valence-corrected chi connectivity index (χ3v) is 6.39. The third-order valence-electron chi connectivity index (χ3n) is 5.09. The number of anilines is 1. The van der Waals surface area contributed by atoms with Crippen molar-refractivity contribution in [2.75, 3.05) is 11.1 Å². The molecule has 0 spiro atoms. The monoisotopic (exact) mass is 467 g/mol. The van der Waals surface area contributed by atoms with Gasteiger partial charge in [0.05, 0.1) is 10.6 Å². The number of aryl methyl sites for hydroxylation is 1. The van der Waals surface area contributed by atoms with Gasteiger partial charge in [-0.15, -0.1) is 11.8 Å². The fourth-order valence-corrected chi connectivity index (χ4v) is 4.72. The molecule has 2 aromatic heterocycles. The van der Waals surface area contributed by atoms with Crippen LogP contribution in [0.4, 0.5) is 19.0 Å². The van der Waals surface area contributed by atoms with Crippen molar-refractivity contribution >= 4 is 29.2 Å². The molecule has 5 nitrogen and oxygen atoms in total. The van der Waals surface area contributed by atoms with Gasteiger partial charge in [-0.3, -0.25) is 0 Å². The molecule has 0 aliphatic carbocycles. The molecule has 10 heteroatoms. The molecule has 31 heavy (non-hydrogen) atoms.